The van der Waals surface area contributed by atoms with E-state index in [2.05, 4.69) is 15.8 Å². The monoisotopic (exact) mass is 294 g/mol. The molecule has 1 atom stereocenters. The second-order valence-corrected chi connectivity index (χ2v) is 6.33. The molecule has 1 aromatic rings. The minimum atomic E-state index is -0.302. The number of carbonyl (C=O) groups is 2. The van der Waals surface area contributed by atoms with Crippen LogP contribution in [0.25, 0.3) is 0 Å². The standard InChI is InChI=1S/C14H22N4O3/c1-9-5-10(17-21-9)7-15-13(20)16-11-6-12(19)18(8-11)14(2,3)4/h5,11H,6-8H2,1-4H3,(H2,15,16,20)/t11-/m1/s1. The molecular weight excluding hydrogens is 272 g/mol. The summed E-state index contributed by atoms with van der Waals surface area (Å²) >= 11 is 0. The lowest BCUT2D eigenvalue weighted by Gasteiger charge is -2.32. The molecule has 7 nitrogen and oxygen atoms in total. The first-order valence-electron chi connectivity index (χ1n) is 7.03. The van der Waals surface area contributed by atoms with Gasteiger partial charge in [-0.1, -0.05) is 5.16 Å². The van der Waals surface area contributed by atoms with Crippen molar-refractivity contribution in [1.82, 2.24) is 20.7 Å². The molecule has 1 aliphatic heterocycles. The van der Waals surface area contributed by atoms with E-state index in [1.165, 1.54) is 0 Å². The summed E-state index contributed by atoms with van der Waals surface area (Å²) in [6.07, 6.45) is 0.341. The van der Waals surface area contributed by atoms with E-state index in [0.29, 0.717) is 31.0 Å². The molecule has 2 heterocycles. The Bertz CT molecular complexity index is 533. The quantitative estimate of drug-likeness (QED) is 0.876. The Labute approximate surface area is 124 Å². The van der Waals surface area contributed by atoms with E-state index in [4.69, 9.17) is 4.52 Å². The molecule has 0 unspecified atom stereocenters. The Balaban J connectivity index is 1.80. The molecule has 2 rings (SSSR count). The number of likely N-dealkylation sites (tertiary alicyclic amines) is 1. The van der Waals surface area contributed by atoms with Gasteiger partial charge in [0.15, 0.2) is 0 Å². The summed E-state index contributed by atoms with van der Waals surface area (Å²) in [5.41, 5.74) is 0.448. The molecule has 1 saturated heterocycles. The van der Waals surface area contributed by atoms with E-state index >= 15 is 0 Å². The maximum Gasteiger partial charge on any atom is 0.315 e. The lowest BCUT2D eigenvalue weighted by molar-refractivity contribution is -0.131. The van der Waals surface area contributed by atoms with Crippen LogP contribution in [-0.4, -0.2) is 40.1 Å². The first kappa shape index (κ1) is 15.3. The van der Waals surface area contributed by atoms with E-state index < -0.39 is 0 Å². The molecule has 1 aromatic heterocycles. The van der Waals surface area contributed by atoms with Crippen LogP contribution in [0.15, 0.2) is 10.6 Å². The van der Waals surface area contributed by atoms with Gasteiger partial charge in [0, 0.05) is 24.6 Å². The minimum Gasteiger partial charge on any atom is -0.361 e. The molecule has 116 valence electrons. The van der Waals surface area contributed by atoms with E-state index in [9.17, 15) is 9.59 Å². The van der Waals surface area contributed by atoms with Crippen molar-refractivity contribution in [3.63, 3.8) is 0 Å². The van der Waals surface area contributed by atoms with Gasteiger partial charge < -0.3 is 20.1 Å². The summed E-state index contributed by atoms with van der Waals surface area (Å²) < 4.78 is 4.92. The third-order valence-electron chi connectivity index (χ3n) is 3.38. The van der Waals surface area contributed by atoms with Crippen LogP contribution in [0, 0.1) is 6.92 Å². The van der Waals surface area contributed by atoms with E-state index in [1.54, 1.807) is 17.9 Å². The SMILES string of the molecule is Cc1cc(CNC(=O)N[C@@H]2CC(=O)N(C(C)(C)C)C2)no1. The zero-order chi connectivity index (χ0) is 15.6. The molecule has 0 aliphatic carbocycles. The van der Waals surface area contributed by atoms with Gasteiger partial charge in [0.2, 0.25) is 5.91 Å². The van der Waals surface area contributed by atoms with E-state index in [0.717, 1.165) is 0 Å². The molecule has 1 aliphatic rings. The topological polar surface area (TPSA) is 87.5 Å². The number of hydrogen-bond acceptors (Lipinski definition) is 4. The van der Waals surface area contributed by atoms with Crippen molar-refractivity contribution in [3.05, 3.63) is 17.5 Å². The van der Waals surface area contributed by atoms with Crippen LogP contribution < -0.4 is 10.6 Å². The van der Waals surface area contributed by atoms with Crippen LogP contribution in [0.1, 0.15) is 38.6 Å². The Hall–Kier alpha value is -2.05. The number of hydrogen-bond donors (Lipinski definition) is 2. The average Bonchev–Trinajstić information content (AvgIpc) is 2.92. The molecule has 0 saturated carbocycles. The highest BCUT2D eigenvalue weighted by atomic mass is 16.5. The Morgan fingerprint density at radius 1 is 1.52 bits per heavy atom. The highest BCUT2D eigenvalue weighted by molar-refractivity contribution is 5.82. The molecular formula is C14H22N4O3. The Morgan fingerprint density at radius 3 is 2.76 bits per heavy atom. The normalized spacial score (nSPS) is 19.0. The third-order valence-corrected chi connectivity index (χ3v) is 3.38. The number of nitrogens with one attached hydrogen (secondary N) is 2. The summed E-state index contributed by atoms with van der Waals surface area (Å²) in [6, 6.07) is 1.31. The van der Waals surface area contributed by atoms with Gasteiger partial charge >= 0.3 is 6.03 Å². The number of aryl methyl sites for hydroxylation is 1. The zero-order valence-electron chi connectivity index (χ0n) is 12.9. The van der Waals surface area contributed by atoms with Gasteiger partial charge in [-0.3, -0.25) is 4.79 Å². The van der Waals surface area contributed by atoms with Gasteiger partial charge in [0.25, 0.3) is 0 Å². The van der Waals surface area contributed by atoms with E-state index in [-0.39, 0.29) is 23.5 Å². The van der Waals surface area contributed by atoms with Gasteiger partial charge in [-0.15, -0.1) is 0 Å². The fraction of sp³-hybridized carbons (Fsp3) is 0.643. The molecule has 7 heteroatoms. The lowest BCUT2D eigenvalue weighted by Crippen LogP contribution is -2.46. The molecule has 0 radical (unpaired) electrons. The summed E-state index contributed by atoms with van der Waals surface area (Å²) in [5, 5.41) is 9.32. The van der Waals surface area contributed by atoms with Gasteiger partial charge in [0.05, 0.1) is 12.6 Å². The fourth-order valence-corrected chi connectivity index (χ4v) is 2.36. The number of urea groups is 1. The molecule has 3 amide bonds. The first-order valence-corrected chi connectivity index (χ1v) is 7.03. The Morgan fingerprint density at radius 2 is 2.24 bits per heavy atom. The smallest absolute Gasteiger partial charge is 0.315 e. The average molecular weight is 294 g/mol. The minimum absolute atomic E-state index is 0.0694. The highest BCUT2D eigenvalue weighted by Gasteiger charge is 2.36. The van der Waals surface area contributed by atoms with Crippen molar-refractivity contribution in [2.75, 3.05) is 6.54 Å². The summed E-state index contributed by atoms with van der Waals surface area (Å²) in [6.45, 7) is 8.59. The number of nitrogens with zero attached hydrogens (tertiary/aromatic N) is 2. The van der Waals surface area contributed by atoms with Crippen molar-refractivity contribution in [3.8, 4) is 0 Å². The van der Waals surface area contributed by atoms with Gasteiger partial charge in [0.1, 0.15) is 11.5 Å². The molecule has 0 spiro atoms. The second kappa shape index (κ2) is 5.75. The van der Waals surface area contributed by atoms with E-state index in [1.807, 2.05) is 20.8 Å². The summed E-state index contributed by atoms with van der Waals surface area (Å²) in [5.74, 6) is 0.773. The van der Waals surface area contributed by atoms with Crippen molar-refractivity contribution >= 4 is 11.9 Å². The predicted molar refractivity (Wildman–Crippen MR) is 76.5 cm³/mol. The number of rotatable bonds is 3. The molecule has 0 aromatic carbocycles. The number of carbonyl (C=O) groups excluding carboxylic acids is 2. The summed E-state index contributed by atoms with van der Waals surface area (Å²) in [4.78, 5) is 25.5. The van der Waals surface area contributed by atoms with Crippen LogP contribution in [0.3, 0.4) is 0 Å². The largest absolute Gasteiger partial charge is 0.361 e. The molecule has 0 bridgehead atoms. The fourth-order valence-electron chi connectivity index (χ4n) is 2.36. The predicted octanol–water partition coefficient (Wildman–Crippen LogP) is 1.18. The zero-order valence-corrected chi connectivity index (χ0v) is 12.9. The third kappa shape index (κ3) is 3.96. The van der Waals surface area contributed by atoms with Crippen LogP contribution in [0.2, 0.25) is 0 Å². The van der Waals surface area contributed by atoms with Gasteiger partial charge in [-0.2, -0.15) is 0 Å². The first-order chi connectivity index (χ1) is 9.75. The Kier molecular flexibility index (Phi) is 4.20. The van der Waals surface area contributed by atoms with Crippen LogP contribution in [0.4, 0.5) is 4.79 Å². The maximum absolute atomic E-state index is 11.9. The second-order valence-electron chi connectivity index (χ2n) is 6.33. The van der Waals surface area contributed by atoms with Gasteiger partial charge in [-0.05, 0) is 27.7 Å². The number of amides is 3. The molecule has 1 fully saturated rings. The van der Waals surface area contributed by atoms with Crippen LogP contribution in [0.5, 0.6) is 0 Å². The molecule has 2 N–H and O–H groups in total. The number of aromatic nitrogens is 1. The van der Waals surface area contributed by atoms with Gasteiger partial charge in [-0.25, -0.2) is 4.79 Å². The van der Waals surface area contributed by atoms with Crippen LogP contribution >= 0.6 is 0 Å². The lowest BCUT2D eigenvalue weighted by atomic mass is 10.1. The maximum atomic E-state index is 11.9. The summed E-state index contributed by atoms with van der Waals surface area (Å²) in [7, 11) is 0. The van der Waals surface area contributed by atoms with Crippen molar-refractivity contribution in [2.24, 2.45) is 0 Å². The van der Waals surface area contributed by atoms with Crippen molar-refractivity contribution in [1.29, 1.82) is 0 Å². The molecule has 21 heavy (non-hydrogen) atoms. The highest BCUT2D eigenvalue weighted by Crippen LogP contribution is 2.21. The van der Waals surface area contributed by atoms with Crippen molar-refractivity contribution < 1.29 is 14.1 Å². The van der Waals surface area contributed by atoms with Crippen LogP contribution in [-0.2, 0) is 11.3 Å². The van der Waals surface area contributed by atoms with Crippen molar-refractivity contribution in [2.45, 2.75) is 52.2 Å².